The molecule has 0 atom stereocenters. The topological polar surface area (TPSA) is 72.9 Å². The number of fused-ring (bicyclic) bond motifs is 1. The lowest BCUT2D eigenvalue weighted by Gasteiger charge is -2.13. The van der Waals surface area contributed by atoms with Gasteiger partial charge in [-0.15, -0.1) is 0 Å². The van der Waals surface area contributed by atoms with Crippen molar-refractivity contribution < 1.29 is 23.9 Å². The van der Waals surface area contributed by atoms with Crippen LogP contribution in [-0.2, 0) is 11.3 Å². The van der Waals surface area contributed by atoms with Gasteiger partial charge in [-0.25, -0.2) is 4.79 Å². The lowest BCUT2D eigenvalue weighted by Crippen LogP contribution is -2.27. The maximum absolute atomic E-state index is 13.0. The Balaban J connectivity index is 1.37. The number of carbonyl (C=O) groups excluding carboxylic acids is 3. The van der Waals surface area contributed by atoms with E-state index in [4.69, 9.17) is 21.1 Å². The zero-order chi connectivity index (χ0) is 26.6. The van der Waals surface area contributed by atoms with Gasteiger partial charge in [-0.05, 0) is 77.0 Å². The van der Waals surface area contributed by atoms with E-state index >= 15 is 0 Å². The Bertz CT molecular complexity index is 1580. The van der Waals surface area contributed by atoms with Crippen LogP contribution in [-0.4, -0.2) is 28.6 Å². The molecular weight excluding hydrogens is 522 g/mol. The predicted molar refractivity (Wildman–Crippen MR) is 149 cm³/mol. The summed E-state index contributed by atoms with van der Waals surface area (Å²) < 4.78 is 11.5. The Labute approximate surface area is 228 Å². The van der Waals surface area contributed by atoms with Gasteiger partial charge >= 0.3 is 5.97 Å². The van der Waals surface area contributed by atoms with E-state index in [0.29, 0.717) is 33.4 Å². The van der Waals surface area contributed by atoms with Crippen molar-refractivity contribution in [2.24, 2.45) is 0 Å². The second-order valence-corrected chi connectivity index (χ2v) is 9.88. The first kappa shape index (κ1) is 25.6. The van der Waals surface area contributed by atoms with Crippen LogP contribution in [0.25, 0.3) is 16.8 Å². The number of halogens is 1. The highest BCUT2D eigenvalue weighted by atomic mass is 35.5. The molecule has 1 fully saturated rings. The van der Waals surface area contributed by atoms with Crippen LogP contribution in [0.2, 0.25) is 5.02 Å². The van der Waals surface area contributed by atoms with E-state index < -0.39 is 5.97 Å². The first-order chi connectivity index (χ1) is 18.4. The van der Waals surface area contributed by atoms with Gasteiger partial charge in [0.2, 0.25) is 0 Å². The summed E-state index contributed by atoms with van der Waals surface area (Å²) in [4.78, 5) is 40.1. The first-order valence-electron chi connectivity index (χ1n) is 11.9. The number of hydrogen-bond donors (Lipinski definition) is 0. The summed E-state index contributed by atoms with van der Waals surface area (Å²) >= 11 is 6.81. The van der Waals surface area contributed by atoms with Gasteiger partial charge in [0.25, 0.3) is 11.1 Å². The van der Waals surface area contributed by atoms with Crippen molar-refractivity contribution in [1.29, 1.82) is 0 Å². The van der Waals surface area contributed by atoms with Crippen LogP contribution in [0.1, 0.15) is 28.4 Å². The Morgan fingerprint density at radius 3 is 2.50 bits per heavy atom. The molecule has 0 radical (unpaired) electrons. The molecule has 190 valence electrons. The zero-order valence-electron chi connectivity index (χ0n) is 20.3. The molecule has 8 heteroatoms. The molecule has 38 heavy (non-hydrogen) atoms. The highest BCUT2D eigenvalue weighted by molar-refractivity contribution is 8.18. The average molecular weight is 544 g/mol. The van der Waals surface area contributed by atoms with Crippen LogP contribution in [0.15, 0.2) is 89.8 Å². The lowest BCUT2D eigenvalue weighted by atomic mass is 10.0. The predicted octanol–water partition coefficient (Wildman–Crippen LogP) is 7.35. The van der Waals surface area contributed by atoms with Crippen molar-refractivity contribution in [1.82, 2.24) is 4.90 Å². The van der Waals surface area contributed by atoms with Crippen LogP contribution in [0.4, 0.5) is 4.79 Å². The first-order valence-corrected chi connectivity index (χ1v) is 13.1. The molecule has 0 N–H and O–H groups in total. The largest absolute Gasteiger partial charge is 0.490 e. The molecule has 0 aliphatic carbocycles. The monoisotopic (exact) mass is 543 g/mol. The second-order valence-electron chi connectivity index (χ2n) is 8.45. The van der Waals surface area contributed by atoms with Gasteiger partial charge in [0, 0.05) is 5.02 Å². The second kappa shape index (κ2) is 11.1. The van der Waals surface area contributed by atoms with Gasteiger partial charge in [-0.3, -0.25) is 14.5 Å². The van der Waals surface area contributed by atoms with Crippen molar-refractivity contribution in [3.05, 3.63) is 112 Å². The molecule has 1 aliphatic rings. The number of rotatable bonds is 7. The fourth-order valence-electron chi connectivity index (χ4n) is 4.09. The Hall–Kier alpha value is -4.07. The number of nitrogens with zero attached hydrogens (tertiary/aromatic N) is 1. The van der Waals surface area contributed by atoms with Crippen molar-refractivity contribution >= 4 is 57.3 Å². The molecular formula is C30H22ClNO5S. The summed E-state index contributed by atoms with van der Waals surface area (Å²) in [5, 5.41) is 1.97. The third-order valence-electron chi connectivity index (χ3n) is 5.91. The van der Waals surface area contributed by atoms with Crippen LogP contribution >= 0.6 is 23.4 Å². The number of benzene rings is 4. The normalized spacial score (nSPS) is 14.4. The van der Waals surface area contributed by atoms with Crippen LogP contribution in [0.3, 0.4) is 0 Å². The van der Waals surface area contributed by atoms with E-state index in [0.717, 1.165) is 28.1 Å². The van der Waals surface area contributed by atoms with Gasteiger partial charge in [-0.2, -0.15) is 0 Å². The Morgan fingerprint density at radius 2 is 1.71 bits per heavy atom. The highest BCUT2D eigenvalue weighted by Gasteiger charge is 2.35. The molecule has 1 aliphatic heterocycles. The van der Waals surface area contributed by atoms with Gasteiger partial charge in [0.15, 0.2) is 11.5 Å². The fraction of sp³-hybridized carbons (Fsp3) is 0.100. The smallest absolute Gasteiger partial charge is 0.344 e. The molecule has 0 spiro atoms. The van der Waals surface area contributed by atoms with E-state index in [1.165, 1.54) is 4.90 Å². The molecule has 4 aromatic carbocycles. The van der Waals surface area contributed by atoms with Crippen molar-refractivity contribution in [3.8, 4) is 11.5 Å². The third-order valence-corrected chi connectivity index (χ3v) is 7.06. The van der Waals surface area contributed by atoms with Crippen LogP contribution in [0.5, 0.6) is 11.5 Å². The van der Waals surface area contributed by atoms with Gasteiger partial charge in [-0.1, -0.05) is 66.2 Å². The van der Waals surface area contributed by atoms with Crippen molar-refractivity contribution in [3.63, 3.8) is 0 Å². The average Bonchev–Trinajstić information content (AvgIpc) is 3.18. The lowest BCUT2D eigenvalue weighted by molar-refractivity contribution is -0.123. The summed E-state index contributed by atoms with van der Waals surface area (Å²) in [6.07, 6.45) is 1.63. The van der Waals surface area contributed by atoms with Crippen LogP contribution in [0, 0.1) is 0 Å². The fourth-order valence-corrected chi connectivity index (χ4v) is 5.05. The summed E-state index contributed by atoms with van der Waals surface area (Å²) in [5.74, 6) is -0.258. The van der Waals surface area contributed by atoms with Gasteiger partial charge < -0.3 is 9.47 Å². The number of ether oxygens (including phenoxy) is 2. The zero-order valence-corrected chi connectivity index (χ0v) is 21.9. The van der Waals surface area contributed by atoms with E-state index in [2.05, 4.69) is 0 Å². The molecule has 5 rings (SSSR count). The summed E-state index contributed by atoms with van der Waals surface area (Å²) in [5.41, 5.74) is 1.88. The minimum absolute atomic E-state index is 0.159. The summed E-state index contributed by atoms with van der Waals surface area (Å²) in [6, 6.07) is 25.1. The van der Waals surface area contributed by atoms with E-state index in [9.17, 15) is 14.4 Å². The standard InChI is InChI=1S/C30H22ClNO5S/c1-2-36-26-16-20(17-27-28(33)32(30(35)38-27)18-19-10-13-22(31)14-11-19)12-15-25(26)37-29(34)24-9-5-7-21-6-3-4-8-23(21)24/h3-17H,2,18H2,1H3/b27-17-. The maximum Gasteiger partial charge on any atom is 0.344 e. The number of amides is 2. The number of carbonyl (C=O) groups is 3. The number of thioether (sulfide) groups is 1. The summed E-state index contributed by atoms with van der Waals surface area (Å²) in [6.45, 7) is 2.33. The quantitative estimate of drug-likeness (QED) is 0.138. The molecule has 0 saturated carbocycles. The van der Waals surface area contributed by atoms with Gasteiger partial charge in [0.1, 0.15) is 0 Å². The highest BCUT2D eigenvalue weighted by Crippen LogP contribution is 2.36. The molecule has 0 aromatic heterocycles. The van der Waals surface area contributed by atoms with Crippen LogP contribution < -0.4 is 9.47 Å². The van der Waals surface area contributed by atoms with Gasteiger partial charge in [0.05, 0.1) is 23.6 Å². The van der Waals surface area contributed by atoms with E-state index in [1.54, 1.807) is 54.6 Å². The Morgan fingerprint density at radius 1 is 0.947 bits per heavy atom. The SMILES string of the molecule is CCOc1cc(/C=C2\SC(=O)N(Cc3ccc(Cl)cc3)C2=O)ccc1OC(=O)c1cccc2ccccc12. The number of imide groups is 1. The molecule has 6 nitrogen and oxygen atoms in total. The molecule has 1 saturated heterocycles. The minimum Gasteiger partial charge on any atom is -0.490 e. The molecule has 4 aromatic rings. The van der Waals surface area contributed by atoms with E-state index in [1.807, 2.05) is 43.3 Å². The van der Waals surface area contributed by atoms with Crippen molar-refractivity contribution in [2.75, 3.05) is 6.61 Å². The molecule has 0 unspecified atom stereocenters. The molecule has 2 amide bonds. The molecule has 1 heterocycles. The van der Waals surface area contributed by atoms with E-state index in [-0.39, 0.29) is 23.4 Å². The number of hydrogen-bond acceptors (Lipinski definition) is 6. The maximum atomic E-state index is 13.0. The minimum atomic E-state index is -0.501. The third kappa shape index (κ3) is 5.44. The van der Waals surface area contributed by atoms with Crippen molar-refractivity contribution in [2.45, 2.75) is 13.5 Å². The number of esters is 1. The summed E-state index contributed by atoms with van der Waals surface area (Å²) in [7, 11) is 0. The molecule has 0 bridgehead atoms. The Kier molecular flexibility index (Phi) is 7.49.